The van der Waals surface area contributed by atoms with Crippen LogP contribution in [0.5, 0.6) is 11.5 Å². The SMILES string of the molecule is CCCCNc1cc(C(=S)OC(C)OC(C)=O)cc(S)c1Oc1ccccc1. The van der Waals surface area contributed by atoms with Gasteiger partial charge in [-0.1, -0.05) is 31.5 Å². The molecule has 0 saturated carbocycles. The summed E-state index contributed by atoms with van der Waals surface area (Å²) in [6.07, 6.45) is 1.31. The molecule has 2 aromatic rings. The zero-order chi connectivity index (χ0) is 20.5. The minimum absolute atomic E-state index is 0.217. The average molecular weight is 420 g/mol. The van der Waals surface area contributed by atoms with Crippen LogP contribution in [0.4, 0.5) is 5.69 Å². The molecule has 28 heavy (non-hydrogen) atoms. The van der Waals surface area contributed by atoms with Gasteiger partial charge in [0.15, 0.2) is 10.8 Å². The standard InChI is InChI=1S/C21H25NO4S2/c1-4-5-11-22-18-12-16(21(28)25-15(3)24-14(2)23)13-19(27)20(18)26-17-9-7-6-8-10-17/h6-10,12-13,15,22,27H,4-5,11H2,1-3H3. The molecule has 0 amide bonds. The number of carbonyl (C=O) groups is 1. The van der Waals surface area contributed by atoms with Gasteiger partial charge in [-0.15, -0.1) is 12.6 Å². The predicted octanol–water partition coefficient (Wildman–Crippen LogP) is 5.58. The van der Waals surface area contributed by atoms with Crippen LogP contribution in [0.15, 0.2) is 47.4 Å². The second kappa shape index (κ2) is 10.9. The lowest BCUT2D eigenvalue weighted by atomic mass is 10.1. The van der Waals surface area contributed by atoms with Gasteiger partial charge < -0.3 is 19.5 Å². The van der Waals surface area contributed by atoms with Crippen LogP contribution in [0.3, 0.4) is 0 Å². The fourth-order valence-electron chi connectivity index (χ4n) is 2.45. The Hall–Kier alpha value is -2.25. The molecule has 0 aliphatic carbocycles. The summed E-state index contributed by atoms with van der Waals surface area (Å²) in [5.41, 5.74) is 1.42. The van der Waals surface area contributed by atoms with E-state index in [0.29, 0.717) is 22.0 Å². The first-order valence-electron chi connectivity index (χ1n) is 9.12. The van der Waals surface area contributed by atoms with Gasteiger partial charge in [-0.25, -0.2) is 0 Å². The first-order chi connectivity index (χ1) is 13.4. The molecule has 1 atom stereocenters. The van der Waals surface area contributed by atoms with Gasteiger partial charge in [0, 0.05) is 30.9 Å². The van der Waals surface area contributed by atoms with E-state index >= 15 is 0 Å². The molecule has 5 nitrogen and oxygen atoms in total. The number of unbranched alkanes of at least 4 members (excludes halogenated alkanes) is 1. The van der Waals surface area contributed by atoms with Crippen LogP contribution in [0, 0.1) is 0 Å². The van der Waals surface area contributed by atoms with Crippen LogP contribution < -0.4 is 10.1 Å². The van der Waals surface area contributed by atoms with Crippen molar-refractivity contribution in [3.63, 3.8) is 0 Å². The Morgan fingerprint density at radius 1 is 1.21 bits per heavy atom. The number of nitrogens with one attached hydrogen (secondary N) is 1. The van der Waals surface area contributed by atoms with Crippen molar-refractivity contribution < 1.29 is 19.0 Å². The first-order valence-corrected chi connectivity index (χ1v) is 9.98. The number of hydrogen-bond donors (Lipinski definition) is 2. The molecule has 0 fully saturated rings. The Bertz CT molecular complexity index is 812. The van der Waals surface area contributed by atoms with E-state index in [9.17, 15) is 4.79 Å². The van der Waals surface area contributed by atoms with Crippen molar-refractivity contribution in [2.24, 2.45) is 0 Å². The molecule has 0 saturated heterocycles. The number of esters is 1. The molecule has 2 aromatic carbocycles. The third kappa shape index (κ3) is 6.73. The topological polar surface area (TPSA) is 56.8 Å². The highest BCUT2D eigenvalue weighted by atomic mass is 32.1. The molecule has 150 valence electrons. The van der Waals surface area contributed by atoms with E-state index < -0.39 is 12.3 Å². The summed E-state index contributed by atoms with van der Waals surface area (Å²) in [5, 5.41) is 3.60. The Morgan fingerprint density at radius 3 is 2.57 bits per heavy atom. The van der Waals surface area contributed by atoms with Crippen molar-refractivity contribution in [1.29, 1.82) is 0 Å². The van der Waals surface area contributed by atoms with E-state index in [0.717, 1.165) is 25.1 Å². The van der Waals surface area contributed by atoms with E-state index in [2.05, 4.69) is 24.9 Å². The van der Waals surface area contributed by atoms with Crippen LogP contribution in [-0.4, -0.2) is 23.9 Å². The van der Waals surface area contributed by atoms with Crippen LogP contribution in [0.25, 0.3) is 0 Å². The Labute approximate surface area is 176 Å². The van der Waals surface area contributed by atoms with E-state index in [4.69, 9.17) is 26.4 Å². The summed E-state index contributed by atoms with van der Waals surface area (Å²) in [4.78, 5) is 11.7. The minimum Gasteiger partial charge on any atom is -0.454 e. The van der Waals surface area contributed by atoms with Crippen molar-refractivity contribution in [1.82, 2.24) is 0 Å². The number of ether oxygens (including phenoxy) is 3. The molecule has 0 bridgehead atoms. The maximum atomic E-state index is 11.1. The van der Waals surface area contributed by atoms with Gasteiger partial charge >= 0.3 is 5.97 Å². The number of para-hydroxylation sites is 1. The number of thiocarbonyl (C=S) groups is 1. The molecule has 0 aliphatic rings. The van der Waals surface area contributed by atoms with E-state index in [-0.39, 0.29) is 5.05 Å². The molecular formula is C21H25NO4S2. The number of anilines is 1. The second-order valence-electron chi connectivity index (χ2n) is 6.15. The molecule has 0 spiro atoms. The average Bonchev–Trinajstić information content (AvgIpc) is 2.64. The maximum absolute atomic E-state index is 11.1. The highest BCUT2D eigenvalue weighted by Crippen LogP contribution is 2.37. The number of thiol groups is 1. The molecule has 0 radical (unpaired) electrons. The van der Waals surface area contributed by atoms with Crippen molar-refractivity contribution in [2.45, 2.75) is 44.8 Å². The predicted molar refractivity (Wildman–Crippen MR) is 118 cm³/mol. The lowest BCUT2D eigenvalue weighted by molar-refractivity contribution is -0.159. The number of carbonyl (C=O) groups excluding carboxylic acids is 1. The summed E-state index contributed by atoms with van der Waals surface area (Å²) in [7, 11) is 0. The minimum atomic E-state index is -0.773. The van der Waals surface area contributed by atoms with Crippen molar-refractivity contribution in [3.8, 4) is 11.5 Å². The van der Waals surface area contributed by atoms with Gasteiger partial charge in [0.25, 0.3) is 0 Å². The largest absolute Gasteiger partial charge is 0.454 e. The molecule has 7 heteroatoms. The van der Waals surface area contributed by atoms with Crippen LogP contribution in [0.1, 0.15) is 39.2 Å². The second-order valence-corrected chi connectivity index (χ2v) is 7.00. The van der Waals surface area contributed by atoms with E-state index in [1.54, 1.807) is 13.0 Å². The molecule has 0 aromatic heterocycles. The Balaban J connectivity index is 2.28. The smallest absolute Gasteiger partial charge is 0.305 e. The summed E-state index contributed by atoms with van der Waals surface area (Å²) < 4.78 is 16.6. The number of hydrogen-bond acceptors (Lipinski definition) is 7. The van der Waals surface area contributed by atoms with Gasteiger partial charge in [-0.2, -0.15) is 0 Å². The van der Waals surface area contributed by atoms with Gasteiger partial charge in [-0.3, -0.25) is 4.79 Å². The van der Waals surface area contributed by atoms with Crippen molar-refractivity contribution in [3.05, 3.63) is 48.0 Å². The van der Waals surface area contributed by atoms with Crippen molar-refractivity contribution >= 4 is 41.6 Å². The van der Waals surface area contributed by atoms with Gasteiger partial charge in [-0.05, 0) is 42.9 Å². The summed E-state index contributed by atoms with van der Waals surface area (Å²) in [6.45, 7) is 5.85. The third-order valence-corrected chi connectivity index (χ3v) is 4.38. The molecular weight excluding hydrogens is 394 g/mol. The number of rotatable bonds is 9. The molecule has 1 N–H and O–H groups in total. The molecule has 0 aliphatic heterocycles. The van der Waals surface area contributed by atoms with E-state index in [1.165, 1.54) is 6.92 Å². The lowest BCUT2D eigenvalue weighted by Crippen LogP contribution is -2.20. The van der Waals surface area contributed by atoms with Crippen LogP contribution in [0.2, 0.25) is 0 Å². The third-order valence-electron chi connectivity index (χ3n) is 3.72. The first kappa shape index (κ1) is 22.0. The van der Waals surface area contributed by atoms with Gasteiger partial charge in [0.05, 0.1) is 5.69 Å². The lowest BCUT2D eigenvalue weighted by Gasteiger charge is -2.19. The molecule has 2 rings (SSSR count). The van der Waals surface area contributed by atoms with Crippen LogP contribution in [-0.2, 0) is 14.3 Å². The fourth-order valence-corrected chi connectivity index (χ4v) is 3.01. The summed E-state index contributed by atoms with van der Waals surface area (Å²) in [6, 6.07) is 13.1. The summed E-state index contributed by atoms with van der Waals surface area (Å²) in [5.74, 6) is 0.898. The highest BCUT2D eigenvalue weighted by molar-refractivity contribution is 7.80. The van der Waals surface area contributed by atoms with Crippen molar-refractivity contribution in [2.75, 3.05) is 11.9 Å². The van der Waals surface area contributed by atoms with Gasteiger partial charge in [0.1, 0.15) is 5.75 Å². The number of benzene rings is 2. The molecule has 1 unspecified atom stereocenters. The zero-order valence-electron chi connectivity index (χ0n) is 16.2. The maximum Gasteiger partial charge on any atom is 0.305 e. The molecule has 0 heterocycles. The van der Waals surface area contributed by atoms with E-state index in [1.807, 2.05) is 36.4 Å². The zero-order valence-corrected chi connectivity index (χ0v) is 17.9. The van der Waals surface area contributed by atoms with Crippen LogP contribution >= 0.6 is 24.8 Å². The summed E-state index contributed by atoms with van der Waals surface area (Å²) >= 11 is 9.95. The highest BCUT2D eigenvalue weighted by Gasteiger charge is 2.16. The fraction of sp³-hybridized carbons (Fsp3) is 0.333. The quantitative estimate of drug-likeness (QED) is 0.182. The monoisotopic (exact) mass is 419 g/mol. The Kier molecular flexibility index (Phi) is 8.60. The van der Waals surface area contributed by atoms with Gasteiger partial charge in [0.2, 0.25) is 6.29 Å². The normalized spacial score (nSPS) is 11.4. The Morgan fingerprint density at radius 2 is 1.93 bits per heavy atom.